The van der Waals surface area contributed by atoms with E-state index in [1.807, 2.05) is 6.08 Å². The van der Waals surface area contributed by atoms with Crippen molar-refractivity contribution in [2.24, 2.45) is 23.7 Å². The SMILES string of the molecule is CB[C@]12CCC(=O)C=C1CCC1C3CC[C@](O)(C(C)=O)[C@H]3CCC12. The highest BCUT2D eigenvalue weighted by atomic mass is 16.3. The van der Waals surface area contributed by atoms with Crippen molar-refractivity contribution < 1.29 is 14.7 Å². The topological polar surface area (TPSA) is 54.4 Å². The Kier molecular flexibility index (Phi) is 3.83. The molecule has 1 N–H and O–H groups in total. The summed E-state index contributed by atoms with van der Waals surface area (Å²) in [5, 5.41) is 11.2. The normalized spacial score (nSPS) is 47.3. The molecule has 4 heteroatoms. The molecule has 0 amide bonds. The molecule has 0 aromatic rings. The van der Waals surface area contributed by atoms with E-state index in [2.05, 4.69) is 6.82 Å². The van der Waals surface area contributed by atoms with Gasteiger partial charge in [0, 0.05) is 6.42 Å². The van der Waals surface area contributed by atoms with E-state index in [1.165, 1.54) is 5.57 Å². The smallest absolute Gasteiger partial charge is 0.161 e. The minimum atomic E-state index is -1.06. The molecule has 3 saturated carbocycles. The summed E-state index contributed by atoms with van der Waals surface area (Å²) in [6.45, 7) is 3.86. The van der Waals surface area contributed by atoms with E-state index in [4.69, 9.17) is 0 Å². The first-order valence-corrected chi connectivity index (χ1v) is 9.89. The average molecular weight is 328 g/mol. The van der Waals surface area contributed by atoms with Crippen LogP contribution in [0.1, 0.15) is 58.3 Å². The van der Waals surface area contributed by atoms with E-state index in [-0.39, 0.29) is 17.0 Å². The van der Waals surface area contributed by atoms with Gasteiger partial charge < -0.3 is 5.11 Å². The fourth-order valence-corrected chi connectivity index (χ4v) is 7.15. The maximum atomic E-state index is 12.1. The van der Waals surface area contributed by atoms with Gasteiger partial charge in [-0.2, -0.15) is 0 Å². The van der Waals surface area contributed by atoms with Crippen LogP contribution in [0.5, 0.6) is 0 Å². The van der Waals surface area contributed by atoms with E-state index in [0.717, 1.165) is 45.8 Å². The summed E-state index contributed by atoms with van der Waals surface area (Å²) in [4.78, 5) is 24.0. The molecular weight excluding hydrogens is 299 g/mol. The molecule has 0 aromatic heterocycles. The largest absolute Gasteiger partial charge is 0.382 e. The third-order valence-electron chi connectivity index (χ3n) is 8.33. The average Bonchev–Trinajstić information content (AvgIpc) is 2.93. The number of ketones is 2. The van der Waals surface area contributed by atoms with Crippen molar-refractivity contribution in [3.63, 3.8) is 0 Å². The Bertz CT molecular complexity index is 612. The minimum absolute atomic E-state index is 0.0293. The summed E-state index contributed by atoms with van der Waals surface area (Å²) in [6.07, 6.45) is 9.61. The van der Waals surface area contributed by atoms with Crippen LogP contribution < -0.4 is 0 Å². The second kappa shape index (κ2) is 5.55. The molecule has 0 spiro atoms. The molecule has 0 radical (unpaired) electrons. The second-order valence-electron chi connectivity index (χ2n) is 8.82. The van der Waals surface area contributed by atoms with E-state index >= 15 is 0 Å². The van der Waals surface area contributed by atoms with E-state index in [0.29, 0.717) is 36.4 Å². The fraction of sp³-hybridized carbons (Fsp3) is 0.800. The Morgan fingerprint density at radius 1 is 1.12 bits per heavy atom. The van der Waals surface area contributed by atoms with Gasteiger partial charge in [-0.05, 0) is 86.9 Å². The van der Waals surface area contributed by atoms with Crippen LogP contribution in [-0.4, -0.2) is 29.6 Å². The van der Waals surface area contributed by atoms with Crippen molar-refractivity contribution in [1.29, 1.82) is 0 Å². The molecule has 3 nitrogen and oxygen atoms in total. The zero-order valence-electron chi connectivity index (χ0n) is 15.0. The number of hydrogen-bond acceptors (Lipinski definition) is 3. The van der Waals surface area contributed by atoms with Gasteiger partial charge in [0.2, 0.25) is 0 Å². The Morgan fingerprint density at radius 2 is 1.83 bits per heavy atom. The van der Waals surface area contributed by atoms with Crippen LogP contribution in [0.3, 0.4) is 0 Å². The number of carbonyl (C=O) groups is 2. The van der Waals surface area contributed by atoms with Crippen LogP contribution in [-0.2, 0) is 9.59 Å². The predicted octanol–water partition coefficient (Wildman–Crippen LogP) is 3.09. The first-order valence-electron chi connectivity index (χ1n) is 9.89. The lowest BCUT2D eigenvalue weighted by atomic mass is 9.36. The van der Waals surface area contributed by atoms with Crippen molar-refractivity contribution in [3.8, 4) is 0 Å². The molecule has 4 aliphatic carbocycles. The molecule has 3 unspecified atom stereocenters. The Balaban J connectivity index is 1.67. The quantitative estimate of drug-likeness (QED) is 0.793. The molecule has 0 bridgehead atoms. The fourth-order valence-electron chi connectivity index (χ4n) is 7.15. The first kappa shape index (κ1) is 16.6. The Labute approximate surface area is 145 Å². The molecule has 3 fully saturated rings. The summed E-state index contributed by atoms with van der Waals surface area (Å²) in [6, 6.07) is 0. The third-order valence-corrected chi connectivity index (χ3v) is 8.33. The number of hydrogen-bond donors (Lipinski definition) is 1. The molecule has 4 rings (SSSR count). The molecule has 0 aromatic carbocycles. The van der Waals surface area contributed by atoms with Gasteiger partial charge >= 0.3 is 0 Å². The van der Waals surface area contributed by atoms with Gasteiger partial charge in [-0.15, -0.1) is 0 Å². The second-order valence-corrected chi connectivity index (χ2v) is 8.82. The minimum Gasteiger partial charge on any atom is -0.382 e. The van der Waals surface area contributed by atoms with Gasteiger partial charge in [-0.1, -0.05) is 12.4 Å². The number of aliphatic hydroxyl groups is 1. The lowest BCUT2D eigenvalue weighted by Gasteiger charge is -2.56. The van der Waals surface area contributed by atoms with Crippen LogP contribution >= 0.6 is 0 Å². The maximum Gasteiger partial charge on any atom is 0.161 e. The van der Waals surface area contributed by atoms with Gasteiger partial charge in [0.25, 0.3) is 0 Å². The molecule has 130 valence electrons. The summed E-state index contributed by atoms with van der Waals surface area (Å²) in [5.74, 6) is 2.22. The lowest BCUT2D eigenvalue weighted by molar-refractivity contribution is -0.142. The monoisotopic (exact) mass is 328 g/mol. The predicted molar refractivity (Wildman–Crippen MR) is 95.3 cm³/mol. The standard InChI is InChI=1S/C20H29BO3/c1-12(22)20(24)10-8-16-15-4-3-13-11-14(23)7-9-19(13,21-2)17(15)5-6-18(16)20/h11,15-18,21,24H,3-10H2,1-2H3/t15?,16?,17?,18-,19+,20-/m0/s1. The Hall–Kier alpha value is -0.895. The molecule has 4 aliphatic rings. The number of fused-ring (bicyclic) bond motifs is 5. The van der Waals surface area contributed by atoms with Crippen LogP contribution in [0.15, 0.2) is 11.6 Å². The third kappa shape index (κ3) is 2.08. The van der Waals surface area contributed by atoms with E-state index in [1.54, 1.807) is 6.92 Å². The van der Waals surface area contributed by atoms with Crippen molar-refractivity contribution >= 4 is 18.8 Å². The summed E-state index contributed by atoms with van der Waals surface area (Å²) in [7, 11) is 1.13. The van der Waals surface area contributed by atoms with Crippen LogP contribution in [0.4, 0.5) is 0 Å². The van der Waals surface area contributed by atoms with Crippen molar-refractivity contribution in [3.05, 3.63) is 11.6 Å². The first-order chi connectivity index (χ1) is 11.4. The number of rotatable bonds is 2. The highest BCUT2D eigenvalue weighted by molar-refractivity contribution is 6.40. The lowest BCUT2D eigenvalue weighted by Crippen LogP contribution is -2.51. The molecule has 0 aliphatic heterocycles. The van der Waals surface area contributed by atoms with Crippen molar-refractivity contribution in [2.45, 2.75) is 76.0 Å². The maximum absolute atomic E-state index is 12.1. The molecule has 24 heavy (non-hydrogen) atoms. The summed E-state index contributed by atoms with van der Waals surface area (Å²) in [5.41, 5.74) is 0.356. The zero-order chi connectivity index (χ0) is 17.1. The van der Waals surface area contributed by atoms with Gasteiger partial charge in [0.1, 0.15) is 12.9 Å². The van der Waals surface area contributed by atoms with Gasteiger partial charge in [-0.3, -0.25) is 9.59 Å². The summed E-state index contributed by atoms with van der Waals surface area (Å²) >= 11 is 0. The number of carbonyl (C=O) groups excluding carboxylic acids is 2. The van der Waals surface area contributed by atoms with Gasteiger partial charge in [-0.25, -0.2) is 0 Å². The highest BCUT2D eigenvalue weighted by Gasteiger charge is 2.60. The van der Waals surface area contributed by atoms with Crippen LogP contribution in [0, 0.1) is 23.7 Å². The molecule has 0 heterocycles. The van der Waals surface area contributed by atoms with Gasteiger partial charge in [0.15, 0.2) is 11.6 Å². The van der Waals surface area contributed by atoms with Crippen molar-refractivity contribution in [1.82, 2.24) is 0 Å². The van der Waals surface area contributed by atoms with Gasteiger partial charge in [0.05, 0.1) is 0 Å². The van der Waals surface area contributed by atoms with E-state index in [9.17, 15) is 14.7 Å². The van der Waals surface area contributed by atoms with Crippen LogP contribution in [0.2, 0.25) is 12.1 Å². The van der Waals surface area contributed by atoms with Crippen LogP contribution in [0.25, 0.3) is 0 Å². The highest BCUT2D eigenvalue weighted by Crippen LogP contribution is 2.66. The van der Waals surface area contributed by atoms with Crippen molar-refractivity contribution in [2.75, 3.05) is 0 Å². The summed E-state index contributed by atoms with van der Waals surface area (Å²) < 4.78 is 0. The Morgan fingerprint density at radius 3 is 2.54 bits per heavy atom. The molecule has 6 atom stereocenters. The molecule has 0 saturated heterocycles. The number of Topliss-reactive ketones (excluding diaryl/α,β-unsaturated/α-hetero) is 1. The van der Waals surface area contributed by atoms with E-state index < -0.39 is 5.60 Å². The number of allylic oxidation sites excluding steroid dienone is 1. The molecular formula is C20H29BO3. The zero-order valence-corrected chi connectivity index (χ0v) is 15.0.